The van der Waals surface area contributed by atoms with Crippen LogP contribution in [0.1, 0.15) is 18.9 Å². The summed E-state index contributed by atoms with van der Waals surface area (Å²) in [6.07, 6.45) is 0.241. The smallest absolute Gasteiger partial charge is 0.226 e. The predicted octanol–water partition coefficient (Wildman–Crippen LogP) is 1.94. The Morgan fingerprint density at radius 2 is 2.32 bits per heavy atom. The molecule has 1 aromatic carbocycles. The van der Waals surface area contributed by atoms with Crippen molar-refractivity contribution in [2.24, 2.45) is 0 Å². The normalized spacial score (nSPS) is 11.6. The zero-order valence-electron chi connectivity index (χ0n) is 11.2. The van der Waals surface area contributed by atoms with Crippen molar-refractivity contribution in [3.8, 4) is 6.07 Å². The number of anilines is 1. The van der Waals surface area contributed by atoms with Gasteiger partial charge >= 0.3 is 0 Å². The fourth-order valence-electron chi connectivity index (χ4n) is 1.53. The number of carbonyl (C=O) groups excluding carboxylic acids is 1. The molecule has 0 aromatic heterocycles. The first-order valence-electron chi connectivity index (χ1n) is 6.06. The minimum atomic E-state index is -0.139. The highest BCUT2D eigenvalue weighted by Gasteiger charge is 2.05. The Kier molecular flexibility index (Phi) is 6.58. The monoisotopic (exact) mass is 262 g/mol. The number of benzene rings is 1. The average molecular weight is 262 g/mol. The Labute approximate surface area is 113 Å². The average Bonchev–Trinajstić information content (AvgIpc) is 2.39. The van der Waals surface area contributed by atoms with Gasteiger partial charge in [0, 0.05) is 12.8 Å². The van der Waals surface area contributed by atoms with Crippen molar-refractivity contribution in [3.63, 3.8) is 0 Å². The molecule has 5 nitrogen and oxygen atoms in total. The van der Waals surface area contributed by atoms with Crippen molar-refractivity contribution < 1.29 is 14.3 Å². The van der Waals surface area contributed by atoms with Gasteiger partial charge < -0.3 is 14.8 Å². The molecular weight excluding hydrogens is 244 g/mol. The van der Waals surface area contributed by atoms with Gasteiger partial charge in [0.2, 0.25) is 5.91 Å². The van der Waals surface area contributed by atoms with Gasteiger partial charge in [-0.15, -0.1) is 0 Å². The lowest BCUT2D eigenvalue weighted by Crippen LogP contribution is -2.19. The fourth-order valence-corrected chi connectivity index (χ4v) is 1.53. The summed E-state index contributed by atoms with van der Waals surface area (Å²) in [7, 11) is 1.61. The van der Waals surface area contributed by atoms with E-state index in [1.165, 1.54) is 0 Å². The van der Waals surface area contributed by atoms with Gasteiger partial charge in [-0.3, -0.25) is 4.79 Å². The fraction of sp³-hybridized carbons (Fsp3) is 0.429. The SMILES string of the molecule is COCC(C)OCCC(=O)Nc1cccc(C#N)c1. The Morgan fingerprint density at radius 3 is 3.00 bits per heavy atom. The summed E-state index contributed by atoms with van der Waals surface area (Å²) in [5.74, 6) is -0.139. The zero-order chi connectivity index (χ0) is 14.1. The van der Waals surface area contributed by atoms with E-state index in [4.69, 9.17) is 14.7 Å². The standard InChI is InChI=1S/C14H18N2O3/c1-11(10-18-2)19-7-6-14(17)16-13-5-3-4-12(8-13)9-15/h3-5,8,11H,6-7,10H2,1-2H3,(H,16,17). The summed E-state index contributed by atoms with van der Waals surface area (Å²) >= 11 is 0. The molecule has 0 aliphatic heterocycles. The molecule has 0 aliphatic carbocycles. The van der Waals surface area contributed by atoms with Gasteiger partial charge in [-0.1, -0.05) is 6.07 Å². The number of methoxy groups -OCH3 is 1. The van der Waals surface area contributed by atoms with Gasteiger partial charge in [0.15, 0.2) is 0 Å². The maximum atomic E-state index is 11.6. The van der Waals surface area contributed by atoms with Gasteiger partial charge in [0.1, 0.15) is 0 Å². The lowest BCUT2D eigenvalue weighted by Gasteiger charge is -2.11. The number of nitrogens with zero attached hydrogens (tertiary/aromatic N) is 1. The van der Waals surface area contributed by atoms with Crippen molar-refractivity contribution in [1.82, 2.24) is 0 Å². The largest absolute Gasteiger partial charge is 0.382 e. The molecule has 0 bridgehead atoms. The molecule has 0 saturated carbocycles. The minimum Gasteiger partial charge on any atom is -0.382 e. The van der Waals surface area contributed by atoms with Crippen LogP contribution >= 0.6 is 0 Å². The van der Waals surface area contributed by atoms with Crippen molar-refractivity contribution in [2.45, 2.75) is 19.4 Å². The van der Waals surface area contributed by atoms with Crippen LogP contribution in [0.3, 0.4) is 0 Å². The van der Waals surface area contributed by atoms with Crippen LogP contribution in [-0.4, -0.2) is 32.3 Å². The molecule has 5 heteroatoms. The molecule has 1 amide bonds. The molecule has 0 saturated heterocycles. The first-order valence-corrected chi connectivity index (χ1v) is 6.06. The molecule has 1 N–H and O–H groups in total. The molecule has 1 aromatic rings. The van der Waals surface area contributed by atoms with E-state index in [2.05, 4.69) is 5.32 Å². The molecule has 1 unspecified atom stereocenters. The van der Waals surface area contributed by atoms with Gasteiger partial charge in [0.05, 0.1) is 37.4 Å². The number of nitrogens with one attached hydrogen (secondary N) is 1. The van der Waals surface area contributed by atoms with Crippen LogP contribution in [0.2, 0.25) is 0 Å². The van der Waals surface area contributed by atoms with Crippen LogP contribution in [0.5, 0.6) is 0 Å². The summed E-state index contributed by atoms with van der Waals surface area (Å²) < 4.78 is 10.3. The Morgan fingerprint density at radius 1 is 1.53 bits per heavy atom. The molecular formula is C14H18N2O3. The highest BCUT2D eigenvalue weighted by Crippen LogP contribution is 2.10. The number of ether oxygens (including phenoxy) is 2. The van der Waals surface area contributed by atoms with E-state index in [1.807, 2.05) is 13.0 Å². The van der Waals surface area contributed by atoms with E-state index in [0.717, 1.165) is 0 Å². The van der Waals surface area contributed by atoms with Crippen LogP contribution < -0.4 is 5.32 Å². The Hall–Kier alpha value is -1.90. The number of carbonyl (C=O) groups is 1. The zero-order valence-corrected chi connectivity index (χ0v) is 11.2. The van der Waals surface area contributed by atoms with Gasteiger partial charge in [-0.2, -0.15) is 5.26 Å². The molecule has 1 atom stereocenters. The number of hydrogen-bond donors (Lipinski definition) is 1. The molecule has 0 aliphatic rings. The second-order valence-electron chi connectivity index (χ2n) is 4.13. The van der Waals surface area contributed by atoms with Crippen molar-refractivity contribution >= 4 is 11.6 Å². The van der Waals surface area contributed by atoms with E-state index in [9.17, 15) is 4.79 Å². The molecule has 19 heavy (non-hydrogen) atoms. The first kappa shape index (κ1) is 15.2. The van der Waals surface area contributed by atoms with E-state index in [-0.39, 0.29) is 18.4 Å². The molecule has 0 spiro atoms. The summed E-state index contributed by atoms with van der Waals surface area (Å²) in [5.41, 5.74) is 1.14. The summed E-state index contributed by atoms with van der Waals surface area (Å²) in [5, 5.41) is 11.5. The third kappa shape index (κ3) is 6.00. The van der Waals surface area contributed by atoms with E-state index < -0.39 is 0 Å². The Balaban J connectivity index is 2.33. The van der Waals surface area contributed by atoms with Crippen LogP contribution in [-0.2, 0) is 14.3 Å². The summed E-state index contributed by atoms with van der Waals surface area (Å²) in [4.78, 5) is 11.6. The first-order chi connectivity index (χ1) is 9.15. The number of hydrogen-bond acceptors (Lipinski definition) is 4. The maximum Gasteiger partial charge on any atom is 0.226 e. The van der Waals surface area contributed by atoms with Crippen LogP contribution in [0.25, 0.3) is 0 Å². The van der Waals surface area contributed by atoms with E-state index in [1.54, 1.807) is 31.4 Å². The topological polar surface area (TPSA) is 71.3 Å². The lowest BCUT2D eigenvalue weighted by molar-refractivity contribution is -0.117. The van der Waals surface area contributed by atoms with Gasteiger partial charge in [-0.05, 0) is 25.1 Å². The quantitative estimate of drug-likeness (QED) is 0.815. The van der Waals surface area contributed by atoms with Gasteiger partial charge in [-0.25, -0.2) is 0 Å². The lowest BCUT2D eigenvalue weighted by atomic mass is 10.2. The second-order valence-corrected chi connectivity index (χ2v) is 4.13. The highest BCUT2D eigenvalue weighted by atomic mass is 16.5. The van der Waals surface area contributed by atoms with Crippen LogP contribution in [0.15, 0.2) is 24.3 Å². The molecule has 0 radical (unpaired) electrons. The third-order valence-electron chi connectivity index (χ3n) is 2.41. The van der Waals surface area contributed by atoms with Crippen molar-refractivity contribution in [1.29, 1.82) is 5.26 Å². The summed E-state index contributed by atoms with van der Waals surface area (Å²) in [6, 6.07) is 8.81. The molecule has 1 rings (SSSR count). The van der Waals surface area contributed by atoms with Crippen LogP contribution in [0, 0.1) is 11.3 Å². The number of rotatable bonds is 7. The second kappa shape index (κ2) is 8.25. The molecule has 0 heterocycles. The van der Waals surface area contributed by atoms with E-state index >= 15 is 0 Å². The summed E-state index contributed by atoms with van der Waals surface area (Å²) in [6.45, 7) is 2.73. The molecule has 0 fully saturated rings. The third-order valence-corrected chi connectivity index (χ3v) is 2.41. The van der Waals surface area contributed by atoms with E-state index in [0.29, 0.717) is 24.5 Å². The number of nitriles is 1. The van der Waals surface area contributed by atoms with Crippen molar-refractivity contribution in [2.75, 3.05) is 25.6 Å². The highest BCUT2D eigenvalue weighted by molar-refractivity contribution is 5.90. The Bertz CT molecular complexity index is 454. The minimum absolute atomic E-state index is 0.0280. The number of amides is 1. The maximum absolute atomic E-state index is 11.6. The predicted molar refractivity (Wildman–Crippen MR) is 71.7 cm³/mol. The van der Waals surface area contributed by atoms with Crippen molar-refractivity contribution in [3.05, 3.63) is 29.8 Å². The van der Waals surface area contributed by atoms with Gasteiger partial charge in [0.25, 0.3) is 0 Å². The van der Waals surface area contributed by atoms with Crippen LogP contribution in [0.4, 0.5) is 5.69 Å². The molecule has 102 valence electrons.